The Morgan fingerprint density at radius 2 is 1.79 bits per heavy atom. The van der Waals surface area contributed by atoms with E-state index < -0.39 is 21.2 Å². The maximum absolute atomic E-state index is 13.3. The van der Waals surface area contributed by atoms with Crippen LogP contribution in [0.4, 0.5) is 5.69 Å². The predicted octanol–water partition coefficient (Wildman–Crippen LogP) is 3.13. The third-order valence-corrected chi connectivity index (χ3v) is 6.89. The van der Waals surface area contributed by atoms with E-state index in [0.29, 0.717) is 17.1 Å². The summed E-state index contributed by atoms with van der Waals surface area (Å²) in [7, 11) is -3.79. The zero-order valence-corrected chi connectivity index (χ0v) is 17.0. The lowest BCUT2D eigenvalue weighted by Gasteiger charge is -2.31. The molecule has 1 fully saturated rings. The van der Waals surface area contributed by atoms with Gasteiger partial charge in [-0.3, -0.25) is 9.52 Å². The Kier molecular flexibility index (Phi) is 4.92. The zero-order valence-electron chi connectivity index (χ0n) is 16.2. The van der Waals surface area contributed by atoms with Crippen molar-refractivity contribution in [3.8, 4) is 0 Å². The molecule has 4 rings (SSSR count). The standard InChI is InChI=1S/C22H22N2O4S/c1-14-8-9-17(10-15(14)2)24-29(26,27)21-12-20-19(23-22(25)13-28-20)11-18(21)16-6-4-3-5-7-16/h3-12,18,21,24H,13H2,1-2H3,(H,23,25). The van der Waals surface area contributed by atoms with Crippen LogP contribution in [0.15, 0.2) is 72.1 Å². The summed E-state index contributed by atoms with van der Waals surface area (Å²) in [6.45, 7) is 3.79. The summed E-state index contributed by atoms with van der Waals surface area (Å²) in [6, 6.07) is 14.8. The van der Waals surface area contributed by atoms with Crippen LogP contribution >= 0.6 is 0 Å². The van der Waals surface area contributed by atoms with Crippen LogP contribution in [0.3, 0.4) is 0 Å². The van der Waals surface area contributed by atoms with Crippen molar-refractivity contribution < 1.29 is 17.9 Å². The van der Waals surface area contributed by atoms with Crippen molar-refractivity contribution in [2.24, 2.45) is 0 Å². The summed E-state index contributed by atoms with van der Waals surface area (Å²) in [4.78, 5) is 11.7. The smallest absolute Gasteiger partial charge is 0.262 e. The molecule has 29 heavy (non-hydrogen) atoms. The molecular weight excluding hydrogens is 388 g/mol. The number of hydrogen-bond donors (Lipinski definition) is 2. The monoisotopic (exact) mass is 410 g/mol. The van der Waals surface area contributed by atoms with E-state index in [2.05, 4.69) is 10.0 Å². The molecule has 0 bridgehead atoms. The number of allylic oxidation sites excluding steroid dienone is 1. The zero-order chi connectivity index (χ0) is 20.6. The molecule has 0 spiro atoms. The number of ether oxygens (including phenoxy) is 1. The minimum absolute atomic E-state index is 0.128. The lowest BCUT2D eigenvalue weighted by molar-refractivity contribution is -0.125. The average molecular weight is 410 g/mol. The Morgan fingerprint density at radius 1 is 1.03 bits per heavy atom. The first-order chi connectivity index (χ1) is 13.8. The van der Waals surface area contributed by atoms with Crippen molar-refractivity contribution in [1.82, 2.24) is 5.32 Å². The van der Waals surface area contributed by atoms with E-state index in [1.165, 1.54) is 0 Å². The Balaban J connectivity index is 1.73. The van der Waals surface area contributed by atoms with Crippen molar-refractivity contribution in [3.63, 3.8) is 0 Å². The maximum atomic E-state index is 13.3. The Labute approximate surface area is 170 Å². The number of sulfonamides is 1. The van der Waals surface area contributed by atoms with Crippen LogP contribution in [0.1, 0.15) is 22.6 Å². The van der Waals surface area contributed by atoms with Gasteiger partial charge in [-0.05, 0) is 54.8 Å². The molecule has 1 amide bonds. The summed E-state index contributed by atoms with van der Waals surface area (Å²) < 4.78 is 34.9. The average Bonchev–Trinajstić information content (AvgIpc) is 2.70. The first kappa shape index (κ1) is 19.3. The molecule has 2 aromatic rings. The number of fused-ring (bicyclic) bond motifs is 1. The molecule has 2 aliphatic rings. The van der Waals surface area contributed by atoms with Crippen molar-refractivity contribution in [2.45, 2.75) is 25.0 Å². The number of hydrogen-bond acceptors (Lipinski definition) is 4. The molecule has 1 aliphatic heterocycles. The minimum Gasteiger partial charge on any atom is -0.482 e. The fraction of sp³-hybridized carbons (Fsp3) is 0.227. The lowest BCUT2D eigenvalue weighted by Crippen LogP contribution is -2.40. The number of carbonyl (C=O) groups is 1. The number of morpholine rings is 1. The van der Waals surface area contributed by atoms with Gasteiger partial charge < -0.3 is 10.1 Å². The molecule has 150 valence electrons. The van der Waals surface area contributed by atoms with Gasteiger partial charge in [0.05, 0.1) is 5.70 Å². The van der Waals surface area contributed by atoms with Crippen LogP contribution in [0.5, 0.6) is 0 Å². The Hall–Kier alpha value is -3.06. The van der Waals surface area contributed by atoms with E-state index in [4.69, 9.17) is 4.74 Å². The highest BCUT2D eigenvalue weighted by atomic mass is 32.2. The van der Waals surface area contributed by atoms with E-state index in [-0.39, 0.29) is 12.5 Å². The molecular formula is C22H22N2O4S. The van der Waals surface area contributed by atoms with Crippen molar-refractivity contribution in [1.29, 1.82) is 0 Å². The van der Waals surface area contributed by atoms with Crippen LogP contribution in [0.25, 0.3) is 0 Å². The van der Waals surface area contributed by atoms with Gasteiger partial charge in [0.25, 0.3) is 5.91 Å². The number of nitrogens with one attached hydrogen (secondary N) is 2. The SMILES string of the molecule is Cc1ccc(NS(=O)(=O)C2C=C3OCC(=O)NC3=CC2c2ccccc2)cc1C. The van der Waals surface area contributed by atoms with Gasteiger partial charge in [-0.1, -0.05) is 36.4 Å². The van der Waals surface area contributed by atoms with Gasteiger partial charge in [0.2, 0.25) is 10.0 Å². The first-order valence-electron chi connectivity index (χ1n) is 9.34. The van der Waals surface area contributed by atoms with Gasteiger partial charge in [-0.2, -0.15) is 0 Å². The molecule has 2 aromatic carbocycles. The second-order valence-electron chi connectivity index (χ2n) is 7.30. The molecule has 1 heterocycles. The van der Waals surface area contributed by atoms with E-state index in [0.717, 1.165) is 16.7 Å². The minimum atomic E-state index is -3.79. The topological polar surface area (TPSA) is 84.5 Å². The normalized spacial score (nSPS) is 21.2. The Morgan fingerprint density at radius 3 is 2.52 bits per heavy atom. The van der Waals surface area contributed by atoms with E-state index in [9.17, 15) is 13.2 Å². The van der Waals surface area contributed by atoms with Crippen LogP contribution in [-0.2, 0) is 19.6 Å². The number of anilines is 1. The molecule has 7 heteroatoms. The van der Waals surface area contributed by atoms with E-state index in [1.807, 2.05) is 56.3 Å². The maximum Gasteiger partial charge on any atom is 0.262 e. The molecule has 0 aromatic heterocycles. The lowest BCUT2D eigenvalue weighted by atomic mass is 9.90. The van der Waals surface area contributed by atoms with Crippen molar-refractivity contribution >= 4 is 21.6 Å². The molecule has 0 saturated carbocycles. The van der Waals surface area contributed by atoms with Gasteiger partial charge in [0.1, 0.15) is 11.0 Å². The van der Waals surface area contributed by atoms with E-state index >= 15 is 0 Å². The number of rotatable bonds is 4. The quantitative estimate of drug-likeness (QED) is 0.811. The molecule has 0 radical (unpaired) electrons. The summed E-state index contributed by atoms with van der Waals surface area (Å²) >= 11 is 0. The first-order valence-corrected chi connectivity index (χ1v) is 10.9. The van der Waals surface area contributed by atoms with Crippen molar-refractivity contribution in [2.75, 3.05) is 11.3 Å². The van der Waals surface area contributed by atoms with Crippen LogP contribution in [0.2, 0.25) is 0 Å². The highest BCUT2D eigenvalue weighted by Gasteiger charge is 2.38. The van der Waals surface area contributed by atoms with Gasteiger partial charge in [0.15, 0.2) is 6.61 Å². The fourth-order valence-electron chi connectivity index (χ4n) is 3.54. The highest BCUT2D eigenvalue weighted by Crippen LogP contribution is 2.36. The number of aryl methyl sites for hydroxylation is 2. The number of benzene rings is 2. The third kappa shape index (κ3) is 3.91. The molecule has 2 N–H and O–H groups in total. The largest absolute Gasteiger partial charge is 0.482 e. The van der Waals surface area contributed by atoms with E-state index in [1.54, 1.807) is 18.2 Å². The predicted molar refractivity (Wildman–Crippen MR) is 112 cm³/mol. The van der Waals surface area contributed by atoms with Gasteiger partial charge in [0, 0.05) is 11.6 Å². The molecule has 1 aliphatic carbocycles. The number of carbonyl (C=O) groups excluding carboxylic acids is 1. The fourth-order valence-corrected chi connectivity index (χ4v) is 5.05. The van der Waals surface area contributed by atoms with Gasteiger partial charge >= 0.3 is 0 Å². The molecule has 2 atom stereocenters. The number of amides is 1. The third-order valence-electron chi connectivity index (χ3n) is 5.22. The summed E-state index contributed by atoms with van der Waals surface area (Å²) in [5.74, 6) is -0.344. The second kappa shape index (κ2) is 7.40. The van der Waals surface area contributed by atoms with Gasteiger partial charge in [-0.15, -0.1) is 0 Å². The summed E-state index contributed by atoms with van der Waals surface area (Å²) in [5.41, 5.74) is 3.96. The van der Waals surface area contributed by atoms with Crippen LogP contribution < -0.4 is 10.0 Å². The van der Waals surface area contributed by atoms with Crippen molar-refractivity contribution in [3.05, 3.63) is 88.8 Å². The highest BCUT2D eigenvalue weighted by molar-refractivity contribution is 7.93. The summed E-state index contributed by atoms with van der Waals surface area (Å²) in [6.07, 6.45) is 3.34. The van der Waals surface area contributed by atoms with Gasteiger partial charge in [-0.25, -0.2) is 8.42 Å². The van der Waals surface area contributed by atoms with Crippen LogP contribution in [-0.4, -0.2) is 26.2 Å². The molecule has 2 unspecified atom stereocenters. The molecule has 6 nitrogen and oxygen atoms in total. The second-order valence-corrected chi connectivity index (χ2v) is 9.13. The summed E-state index contributed by atoms with van der Waals surface area (Å²) in [5, 5.41) is 1.88. The Bertz CT molecular complexity index is 1120. The molecule has 1 saturated heterocycles. The van der Waals surface area contributed by atoms with Crippen LogP contribution in [0, 0.1) is 13.8 Å².